The molecule has 9 heteroatoms. The molecule has 2 amide bonds. The summed E-state index contributed by atoms with van der Waals surface area (Å²) in [6.07, 6.45) is 1.00. The summed E-state index contributed by atoms with van der Waals surface area (Å²) >= 11 is 0. The molecule has 4 N–H and O–H groups in total. The van der Waals surface area contributed by atoms with Gasteiger partial charge >= 0.3 is 0 Å². The van der Waals surface area contributed by atoms with E-state index in [-0.39, 0.29) is 17.7 Å². The van der Waals surface area contributed by atoms with Gasteiger partial charge in [0.15, 0.2) is 0 Å². The number of nitrogens with one attached hydrogen (secondary N) is 3. The van der Waals surface area contributed by atoms with Crippen LogP contribution in [0.4, 0.5) is 4.39 Å². The summed E-state index contributed by atoms with van der Waals surface area (Å²) in [5.74, 6) is 0.132. The zero-order valence-corrected chi connectivity index (χ0v) is 23.2. The van der Waals surface area contributed by atoms with Gasteiger partial charge in [0.05, 0.1) is 18.1 Å². The molecule has 2 aromatic rings. The number of aryl methyl sites for hydroxylation is 1. The minimum atomic E-state index is -1.45. The molecule has 2 aromatic carbocycles. The average molecular weight is 543 g/mol. The van der Waals surface area contributed by atoms with E-state index in [1.807, 2.05) is 68.4 Å². The first-order valence-corrected chi connectivity index (χ1v) is 13.9. The zero-order chi connectivity index (χ0) is 28.2. The highest BCUT2D eigenvalue weighted by Crippen LogP contribution is 2.20. The van der Waals surface area contributed by atoms with Crippen molar-refractivity contribution in [3.05, 3.63) is 65.7 Å². The quantitative estimate of drug-likeness (QED) is 0.463. The summed E-state index contributed by atoms with van der Waals surface area (Å²) in [6.45, 7) is 4.20. The number of amides is 2. The Morgan fingerprint density at radius 1 is 1.10 bits per heavy atom. The van der Waals surface area contributed by atoms with Gasteiger partial charge in [-0.3, -0.25) is 14.9 Å². The summed E-state index contributed by atoms with van der Waals surface area (Å²) in [5.41, 5.74) is 1.94. The van der Waals surface area contributed by atoms with Crippen LogP contribution in [0.3, 0.4) is 0 Å². The Morgan fingerprint density at radius 2 is 1.82 bits per heavy atom. The van der Waals surface area contributed by atoms with Crippen molar-refractivity contribution in [2.45, 2.75) is 63.9 Å². The van der Waals surface area contributed by atoms with Gasteiger partial charge in [-0.2, -0.15) is 0 Å². The fraction of sp³-hybridized carbons (Fsp3) is 0.533. The predicted molar refractivity (Wildman–Crippen MR) is 150 cm³/mol. The van der Waals surface area contributed by atoms with Gasteiger partial charge in [-0.1, -0.05) is 68.8 Å². The Balaban J connectivity index is 1.87. The second-order valence-corrected chi connectivity index (χ2v) is 10.2. The molecule has 1 aliphatic rings. The Hall–Kier alpha value is -3.01. The van der Waals surface area contributed by atoms with E-state index < -0.39 is 31.0 Å². The van der Waals surface area contributed by atoms with Crippen molar-refractivity contribution in [1.82, 2.24) is 20.9 Å². The molecule has 5 atom stereocenters. The van der Waals surface area contributed by atoms with E-state index in [0.29, 0.717) is 39.0 Å². The molecule has 39 heavy (non-hydrogen) atoms. The normalized spacial score (nSPS) is 25.0. The maximum atomic E-state index is 14.3. The Morgan fingerprint density at radius 3 is 2.54 bits per heavy atom. The molecule has 0 saturated carbocycles. The topological polar surface area (TPSA) is 103 Å². The number of aliphatic hydroxyl groups is 1. The Kier molecular flexibility index (Phi) is 12.2. The van der Waals surface area contributed by atoms with E-state index in [2.05, 4.69) is 16.0 Å². The maximum Gasteiger partial charge on any atom is 0.240 e. The van der Waals surface area contributed by atoms with Gasteiger partial charge in [-0.25, -0.2) is 4.39 Å². The third-order valence-corrected chi connectivity index (χ3v) is 7.44. The van der Waals surface area contributed by atoms with E-state index in [4.69, 9.17) is 4.74 Å². The van der Waals surface area contributed by atoms with E-state index in [1.54, 1.807) is 0 Å². The van der Waals surface area contributed by atoms with E-state index >= 15 is 0 Å². The first-order chi connectivity index (χ1) is 18.8. The monoisotopic (exact) mass is 542 g/mol. The van der Waals surface area contributed by atoms with Gasteiger partial charge in [-0.15, -0.1) is 0 Å². The van der Waals surface area contributed by atoms with Crippen LogP contribution in [0, 0.1) is 5.92 Å². The highest BCUT2D eigenvalue weighted by atomic mass is 19.1. The lowest BCUT2D eigenvalue weighted by atomic mass is 9.97. The highest BCUT2D eigenvalue weighted by molar-refractivity contribution is 5.83. The number of benzene rings is 2. The first-order valence-electron chi connectivity index (χ1n) is 13.9. The number of rotatable bonds is 5. The van der Waals surface area contributed by atoms with Crippen LogP contribution in [0.2, 0.25) is 0 Å². The van der Waals surface area contributed by atoms with Crippen molar-refractivity contribution in [3.63, 3.8) is 0 Å². The molecule has 0 aromatic heterocycles. The van der Waals surface area contributed by atoms with Crippen molar-refractivity contribution in [2.24, 2.45) is 5.92 Å². The molecule has 0 aliphatic carbocycles. The largest absolute Gasteiger partial charge is 0.492 e. The van der Waals surface area contributed by atoms with Gasteiger partial charge in [0.1, 0.15) is 25.3 Å². The molecule has 214 valence electrons. The first kappa shape index (κ1) is 30.5. The van der Waals surface area contributed by atoms with Crippen LogP contribution in [0.5, 0.6) is 5.75 Å². The number of likely N-dealkylation sites (N-methyl/N-ethyl adjacent to an activating group) is 1. The minimum absolute atomic E-state index is 0.0280. The van der Waals surface area contributed by atoms with Gasteiger partial charge < -0.3 is 25.4 Å². The number of hydrogen-bond donors (Lipinski definition) is 4. The molecule has 0 spiro atoms. The standard InChI is InChI=1S/C30H43FN4O4/c1-4-21(2)27-30(38)35(3)25(20-31)29(37)34-24(19-22-11-6-5-7-12-22)28(36)33-16-10-14-23-13-8-9-15-26(23)39-18-17-32-27/h5-9,11-13,15,21,24-25,27,29,32,34,37H,4,10,14,16-20H2,1-3H3,(H,33,36)/t21?,24-,25-,27+,29?/m1/s1. The van der Waals surface area contributed by atoms with Gasteiger partial charge in [0.2, 0.25) is 11.8 Å². The Labute approximate surface area is 231 Å². The van der Waals surface area contributed by atoms with Crippen LogP contribution in [0.25, 0.3) is 0 Å². The number of para-hydroxylation sites is 1. The number of nitrogens with zero attached hydrogens (tertiary/aromatic N) is 1. The summed E-state index contributed by atoms with van der Waals surface area (Å²) < 4.78 is 20.3. The van der Waals surface area contributed by atoms with Gasteiger partial charge in [-0.05, 0) is 42.4 Å². The molecule has 1 heterocycles. The van der Waals surface area contributed by atoms with Crippen LogP contribution in [0.1, 0.15) is 37.8 Å². The Bertz CT molecular complexity index is 1040. The third-order valence-electron chi connectivity index (χ3n) is 7.44. The molecule has 1 aliphatic heterocycles. The number of hydrogen-bond acceptors (Lipinski definition) is 6. The van der Waals surface area contributed by atoms with Crippen LogP contribution < -0.4 is 20.7 Å². The van der Waals surface area contributed by atoms with Crippen LogP contribution in [-0.2, 0) is 22.4 Å². The average Bonchev–Trinajstić information content (AvgIpc) is 2.95. The van der Waals surface area contributed by atoms with Crippen molar-refractivity contribution < 1.29 is 23.8 Å². The molecular weight excluding hydrogens is 499 g/mol. The molecule has 8 nitrogen and oxygen atoms in total. The van der Waals surface area contributed by atoms with Gasteiger partial charge in [0, 0.05) is 20.1 Å². The van der Waals surface area contributed by atoms with E-state index in [9.17, 15) is 19.1 Å². The molecular formula is C30H43FN4O4. The summed E-state index contributed by atoms with van der Waals surface area (Å²) in [6, 6.07) is 14.7. The summed E-state index contributed by atoms with van der Waals surface area (Å²) in [4.78, 5) is 28.0. The van der Waals surface area contributed by atoms with Gasteiger partial charge in [0.25, 0.3) is 0 Å². The van der Waals surface area contributed by atoms with Crippen molar-refractivity contribution in [1.29, 1.82) is 0 Å². The predicted octanol–water partition coefficient (Wildman–Crippen LogP) is 2.45. The number of aliphatic hydroxyl groups excluding tert-OH is 1. The highest BCUT2D eigenvalue weighted by Gasteiger charge is 2.35. The second-order valence-electron chi connectivity index (χ2n) is 10.2. The number of fused-ring (bicyclic) bond motifs is 1. The molecule has 0 bridgehead atoms. The summed E-state index contributed by atoms with van der Waals surface area (Å²) in [7, 11) is 1.49. The lowest BCUT2D eigenvalue weighted by Crippen LogP contribution is -2.60. The fourth-order valence-electron chi connectivity index (χ4n) is 4.78. The molecule has 3 rings (SSSR count). The summed E-state index contributed by atoms with van der Waals surface area (Å²) in [5, 5.41) is 20.2. The van der Waals surface area contributed by atoms with Crippen LogP contribution in [-0.4, -0.2) is 79.6 Å². The van der Waals surface area contributed by atoms with Crippen molar-refractivity contribution in [2.75, 3.05) is 33.4 Å². The molecule has 0 saturated heterocycles. The van der Waals surface area contributed by atoms with Crippen molar-refractivity contribution in [3.8, 4) is 5.75 Å². The minimum Gasteiger partial charge on any atom is -0.492 e. The molecule has 2 unspecified atom stereocenters. The van der Waals surface area contributed by atoms with E-state index in [0.717, 1.165) is 23.3 Å². The number of halogens is 1. The van der Waals surface area contributed by atoms with Crippen LogP contribution in [0.15, 0.2) is 54.6 Å². The number of carbonyl (C=O) groups excluding carboxylic acids is 2. The van der Waals surface area contributed by atoms with E-state index in [1.165, 1.54) is 11.9 Å². The number of alkyl halides is 1. The third kappa shape index (κ3) is 8.74. The lowest BCUT2D eigenvalue weighted by Gasteiger charge is -2.36. The maximum absolute atomic E-state index is 14.3. The van der Waals surface area contributed by atoms with Crippen molar-refractivity contribution >= 4 is 11.8 Å². The number of carbonyl (C=O) groups is 2. The lowest BCUT2D eigenvalue weighted by molar-refractivity contribution is -0.139. The SMILES string of the molecule is CCC(C)[C@@H]1NCCOc2ccccc2CCCNC(=O)[C@@H](Cc2ccccc2)NC(O)[C@@H](CF)N(C)C1=O. The van der Waals surface area contributed by atoms with Crippen LogP contribution >= 0.6 is 0 Å². The molecule has 0 fully saturated rings. The molecule has 0 radical (unpaired) electrons. The number of ether oxygens (including phenoxy) is 1. The second kappa shape index (κ2) is 15.5. The zero-order valence-electron chi connectivity index (χ0n) is 23.2. The fourth-order valence-corrected chi connectivity index (χ4v) is 4.78. The smallest absolute Gasteiger partial charge is 0.240 e.